The third-order valence-electron chi connectivity index (χ3n) is 3.92. The van der Waals surface area contributed by atoms with E-state index in [4.69, 9.17) is 0 Å². The minimum atomic E-state index is 0. The minimum absolute atomic E-state index is 0. The number of nitrogens with one attached hydrogen (secondary N) is 2. The zero-order valence-corrected chi connectivity index (χ0v) is 17.6. The van der Waals surface area contributed by atoms with Crippen molar-refractivity contribution in [2.75, 3.05) is 27.7 Å². The molecule has 0 aliphatic heterocycles. The van der Waals surface area contributed by atoms with E-state index in [0.717, 1.165) is 18.4 Å². The Morgan fingerprint density at radius 2 is 1.71 bits per heavy atom. The molecule has 0 aromatic heterocycles. The van der Waals surface area contributed by atoms with Crippen molar-refractivity contribution in [3.8, 4) is 0 Å². The maximum atomic E-state index is 4.31. The van der Waals surface area contributed by atoms with Crippen LogP contribution in [0.15, 0.2) is 4.99 Å². The van der Waals surface area contributed by atoms with Crippen LogP contribution in [0.3, 0.4) is 0 Å². The Balaban J connectivity index is 0. The second-order valence-electron chi connectivity index (χ2n) is 7.00. The lowest BCUT2D eigenvalue weighted by Gasteiger charge is -2.33. The van der Waals surface area contributed by atoms with E-state index in [1.165, 1.54) is 19.3 Å². The van der Waals surface area contributed by atoms with Crippen LogP contribution in [-0.2, 0) is 0 Å². The SMILES string of the molecule is CN=C(NCC(C)(C)N(C)C)NC(C)CCCC(C)C.I. The van der Waals surface area contributed by atoms with Crippen LogP contribution in [0.4, 0.5) is 0 Å². The second-order valence-corrected chi connectivity index (χ2v) is 7.00. The quantitative estimate of drug-likeness (QED) is 0.365. The molecule has 4 nitrogen and oxygen atoms in total. The molecular weight excluding hydrogens is 375 g/mol. The van der Waals surface area contributed by atoms with Crippen LogP contribution in [0.5, 0.6) is 0 Å². The van der Waals surface area contributed by atoms with Crippen LogP contribution in [0, 0.1) is 5.92 Å². The monoisotopic (exact) mass is 412 g/mol. The highest BCUT2D eigenvalue weighted by molar-refractivity contribution is 14.0. The minimum Gasteiger partial charge on any atom is -0.355 e. The summed E-state index contributed by atoms with van der Waals surface area (Å²) < 4.78 is 0. The highest BCUT2D eigenvalue weighted by atomic mass is 127. The number of likely N-dealkylation sites (N-methyl/N-ethyl adjacent to an activating group) is 1. The number of hydrogen-bond acceptors (Lipinski definition) is 2. The molecule has 1 atom stereocenters. The third kappa shape index (κ3) is 11.2. The van der Waals surface area contributed by atoms with Gasteiger partial charge in [-0.2, -0.15) is 0 Å². The zero-order valence-electron chi connectivity index (χ0n) is 15.3. The van der Waals surface area contributed by atoms with Crippen molar-refractivity contribution in [1.82, 2.24) is 15.5 Å². The molecule has 0 spiro atoms. The van der Waals surface area contributed by atoms with Gasteiger partial charge in [-0.05, 0) is 47.2 Å². The molecular formula is C16H37IN4. The number of guanidine groups is 1. The van der Waals surface area contributed by atoms with Crippen LogP contribution in [0.25, 0.3) is 0 Å². The first-order valence-corrected chi connectivity index (χ1v) is 7.83. The first kappa shape index (κ1) is 23.2. The molecule has 0 saturated carbocycles. The molecule has 2 N–H and O–H groups in total. The van der Waals surface area contributed by atoms with Crippen molar-refractivity contribution >= 4 is 29.9 Å². The van der Waals surface area contributed by atoms with Gasteiger partial charge in [0.2, 0.25) is 0 Å². The number of aliphatic imine (C=N–C) groups is 1. The van der Waals surface area contributed by atoms with Crippen LogP contribution in [0.1, 0.15) is 53.9 Å². The summed E-state index contributed by atoms with van der Waals surface area (Å²) in [6.45, 7) is 12.1. The Hall–Kier alpha value is -0.0400. The number of hydrogen-bond donors (Lipinski definition) is 2. The van der Waals surface area contributed by atoms with Gasteiger partial charge in [0, 0.05) is 25.2 Å². The molecule has 0 fully saturated rings. The Morgan fingerprint density at radius 3 is 2.14 bits per heavy atom. The van der Waals surface area contributed by atoms with E-state index >= 15 is 0 Å². The van der Waals surface area contributed by atoms with Gasteiger partial charge >= 0.3 is 0 Å². The topological polar surface area (TPSA) is 39.7 Å². The average molecular weight is 412 g/mol. The van der Waals surface area contributed by atoms with Gasteiger partial charge in [-0.1, -0.05) is 26.7 Å². The first-order chi connectivity index (χ1) is 9.19. The Morgan fingerprint density at radius 1 is 1.14 bits per heavy atom. The fourth-order valence-corrected chi connectivity index (χ4v) is 1.79. The molecule has 5 heteroatoms. The predicted molar refractivity (Wildman–Crippen MR) is 106 cm³/mol. The van der Waals surface area contributed by atoms with E-state index < -0.39 is 0 Å². The van der Waals surface area contributed by atoms with Gasteiger partial charge in [-0.25, -0.2) is 0 Å². The fourth-order valence-electron chi connectivity index (χ4n) is 1.79. The van der Waals surface area contributed by atoms with Crippen molar-refractivity contribution in [1.29, 1.82) is 0 Å². The fraction of sp³-hybridized carbons (Fsp3) is 0.938. The van der Waals surface area contributed by atoms with E-state index in [2.05, 4.69) is 69.2 Å². The summed E-state index contributed by atoms with van der Waals surface area (Å²) in [4.78, 5) is 6.53. The summed E-state index contributed by atoms with van der Waals surface area (Å²) in [6.07, 6.45) is 3.76. The lowest BCUT2D eigenvalue weighted by molar-refractivity contribution is 0.197. The number of rotatable bonds is 8. The van der Waals surface area contributed by atoms with Gasteiger partial charge in [-0.15, -0.1) is 24.0 Å². The van der Waals surface area contributed by atoms with Gasteiger partial charge in [0.1, 0.15) is 0 Å². The molecule has 0 radical (unpaired) electrons. The van der Waals surface area contributed by atoms with E-state index in [1.807, 2.05) is 7.05 Å². The zero-order chi connectivity index (χ0) is 15.8. The molecule has 128 valence electrons. The average Bonchev–Trinajstić information content (AvgIpc) is 2.33. The molecule has 0 amide bonds. The molecule has 0 saturated heterocycles. The van der Waals surface area contributed by atoms with Crippen LogP contribution >= 0.6 is 24.0 Å². The van der Waals surface area contributed by atoms with E-state index in [0.29, 0.717) is 6.04 Å². The molecule has 0 heterocycles. The van der Waals surface area contributed by atoms with Crippen LogP contribution < -0.4 is 10.6 Å². The normalized spacial score (nSPS) is 14.1. The van der Waals surface area contributed by atoms with E-state index in [9.17, 15) is 0 Å². The molecule has 0 bridgehead atoms. The number of halogens is 1. The summed E-state index contributed by atoms with van der Waals surface area (Å²) in [5.74, 6) is 1.69. The first-order valence-electron chi connectivity index (χ1n) is 7.83. The Kier molecular flexibility index (Phi) is 12.7. The lowest BCUT2D eigenvalue weighted by atomic mass is 10.0. The van der Waals surface area contributed by atoms with Crippen molar-refractivity contribution < 1.29 is 0 Å². The number of nitrogens with zero attached hydrogens (tertiary/aromatic N) is 2. The van der Waals surface area contributed by atoms with Gasteiger partial charge < -0.3 is 15.5 Å². The van der Waals surface area contributed by atoms with Crippen molar-refractivity contribution in [3.05, 3.63) is 0 Å². The maximum Gasteiger partial charge on any atom is 0.191 e. The highest BCUT2D eigenvalue weighted by Crippen LogP contribution is 2.09. The molecule has 0 aliphatic carbocycles. The lowest BCUT2D eigenvalue weighted by Crippen LogP contribution is -2.52. The molecule has 1 unspecified atom stereocenters. The van der Waals surface area contributed by atoms with Gasteiger partial charge in [0.25, 0.3) is 0 Å². The maximum absolute atomic E-state index is 4.31. The van der Waals surface area contributed by atoms with Gasteiger partial charge in [-0.3, -0.25) is 4.99 Å². The summed E-state index contributed by atoms with van der Waals surface area (Å²) in [5, 5.41) is 6.89. The molecule has 0 aromatic rings. The van der Waals surface area contributed by atoms with Crippen LogP contribution in [-0.4, -0.2) is 50.1 Å². The summed E-state index contributed by atoms with van der Waals surface area (Å²) in [6, 6.07) is 0.461. The molecule has 0 aromatic carbocycles. The standard InChI is InChI=1S/C16H36N4.HI/c1-13(2)10-9-11-14(3)19-15(17-6)18-12-16(4,5)20(7)8;/h13-14H,9-12H2,1-8H3,(H2,17,18,19);1H. The third-order valence-corrected chi connectivity index (χ3v) is 3.92. The molecule has 0 aliphatic rings. The molecule has 0 rings (SSSR count). The highest BCUT2D eigenvalue weighted by Gasteiger charge is 2.20. The van der Waals surface area contributed by atoms with E-state index in [1.54, 1.807) is 0 Å². The summed E-state index contributed by atoms with van der Waals surface area (Å²) >= 11 is 0. The van der Waals surface area contributed by atoms with Crippen LogP contribution in [0.2, 0.25) is 0 Å². The smallest absolute Gasteiger partial charge is 0.191 e. The largest absolute Gasteiger partial charge is 0.355 e. The van der Waals surface area contributed by atoms with Gasteiger partial charge in [0.15, 0.2) is 5.96 Å². The summed E-state index contributed by atoms with van der Waals surface area (Å²) in [7, 11) is 6.04. The van der Waals surface area contributed by atoms with Crippen molar-refractivity contribution in [2.45, 2.75) is 65.5 Å². The van der Waals surface area contributed by atoms with E-state index in [-0.39, 0.29) is 29.5 Å². The van der Waals surface area contributed by atoms with Gasteiger partial charge in [0.05, 0.1) is 0 Å². The Labute approximate surface area is 149 Å². The second kappa shape index (κ2) is 11.5. The Bertz CT molecular complexity index is 288. The summed E-state index contributed by atoms with van der Waals surface area (Å²) in [5.41, 5.74) is 0.110. The van der Waals surface area contributed by atoms with Crippen molar-refractivity contribution in [3.63, 3.8) is 0 Å². The predicted octanol–water partition coefficient (Wildman–Crippen LogP) is 3.32. The van der Waals surface area contributed by atoms with Crippen molar-refractivity contribution in [2.24, 2.45) is 10.9 Å². The molecule has 21 heavy (non-hydrogen) atoms.